The third-order valence-corrected chi connectivity index (χ3v) is 6.51. The molecule has 2 aromatic rings. The highest BCUT2D eigenvalue weighted by Crippen LogP contribution is 2.38. The number of aryl methyl sites for hydroxylation is 1. The fraction of sp³-hybridized carbons (Fsp3) is 0.615. The maximum atomic E-state index is 2.48. The Kier molecular flexibility index (Phi) is 7.59. The summed E-state index contributed by atoms with van der Waals surface area (Å²) in [4.78, 5) is 0. The van der Waals surface area contributed by atoms with Crippen LogP contribution in [0.25, 0.3) is 10.8 Å². The number of rotatable bonds is 9. The number of benzene rings is 2. The lowest BCUT2D eigenvalue weighted by atomic mass is 9.77. The van der Waals surface area contributed by atoms with E-state index >= 15 is 0 Å². The predicted molar refractivity (Wildman–Crippen MR) is 116 cm³/mol. The highest BCUT2D eigenvalue weighted by Gasteiger charge is 2.21. The molecule has 1 saturated carbocycles. The van der Waals surface area contributed by atoms with Gasteiger partial charge in [-0.1, -0.05) is 88.8 Å². The van der Waals surface area contributed by atoms with Gasteiger partial charge in [-0.2, -0.15) is 0 Å². The van der Waals surface area contributed by atoms with Crippen molar-refractivity contribution < 1.29 is 0 Å². The molecule has 2 aromatic carbocycles. The van der Waals surface area contributed by atoms with E-state index in [2.05, 4.69) is 50.2 Å². The Hall–Kier alpha value is -1.30. The molecule has 0 heterocycles. The van der Waals surface area contributed by atoms with E-state index in [1.165, 1.54) is 93.4 Å². The molecule has 0 unspecified atom stereocenters. The zero-order valence-corrected chi connectivity index (χ0v) is 17.1. The summed E-state index contributed by atoms with van der Waals surface area (Å²) in [5.74, 6) is 1.79. The van der Waals surface area contributed by atoms with Crippen molar-refractivity contribution in [1.29, 1.82) is 0 Å². The summed E-state index contributed by atoms with van der Waals surface area (Å²) >= 11 is 0. The van der Waals surface area contributed by atoms with Crippen LogP contribution in [0.5, 0.6) is 0 Å². The van der Waals surface area contributed by atoms with Crippen molar-refractivity contribution in [2.75, 3.05) is 0 Å². The van der Waals surface area contributed by atoms with Crippen LogP contribution < -0.4 is 0 Å². The molecule has 26 heavy (non-hydrogen) atoms. The van der Waals surface area contributed by atoms with Gasteiger partial charge in [0.2, 0.25) is 0 Å². The molecular weight excluding hydrogens is 312 g/mol. The molecule has 0 spiro atoms. The van der Waals surface area contributed by atoms with E-state index in [-0.39, 0.29) is 0 Å². The highest BCUT2D eigenvalue weighted by atomic mass is 14.3. The Morgan fingerprint density at radius 2 is 1.46 bits per heavy atom. The van der Waals surface area contributed by atoms with Gasteiger partial charge in [0.05, 0.1) is 0 Å². The van der Waals surface area contributed by atoms with E-state index < -0.39 is 0 Å². The molecule has 0 N–H and O–H groups in total. The quantitative estimate of drug-likeness (QED) is 0.398. The van der Waals surface area contributed by atoms with Gasteiger partial charge in [-0.05, 0) is 72.3 Å². The van der Waals surface area contributed by atoms with Crippen molar-refractivity contribution in [3.05, 3.63) is 47.5 Å². The van der Waals surface area contributed by atoms with Crippen LogP contribution in [-0.4, -0.2) is 0 Å². The molecule has 0 saturated heterocycles. The van der Waals surface area contributed by atoms with Crippen molar-refractivity contribution in [1.82, 2.24) is 0 Å². The highest BCUT2D eigenvalue weighted by molar-refractivity contribution is 5.84. The fourth-order valence-electron chi connectivity index (χ4n) is 4.85. The van der Waals surface area contributed by atoms with Gasteiger partial charge in [-0.3, -0.25) is 0 Å². The van der Waals surface area contributed by atoms with Crippen molar-refractivity contribution in [3.63, 3.8) is 0 Å². The Labute approximate surface area is 161 Å². The number of unbranched alkanes of at least 4 members (excludes halogenated alkanes) is 4. The first kappa shape index (κ1) is 19.5. The van der Waals surface area contributed by atoms with Crippen LogP contribution in [0.15, 0.2) is 36.4 Å². The molecular formula is C26H38. The largest absolute Gasteiger partial charge is 0.0654 e. The number of hydrogen-bond acceptors (Lipinski definition) is 0. The minimum atomic E-state index is 0.797. The molecule has 0 bridgehead atoms. The monoisotopic (exact) mass is 350 g/mol. The summed E-state index contributed by atoms with van der Waals surface area (Å²) in [6, 6.07) is 14.4. The number of hydrogen-bond donors (Lipinski definition) is 0. The second-order valence-electron chi connectivity index (χ2n) is 8.61. The van der Waals surface area contributed by atoms with Gasteiger partial charge in [-0.25, -0.2) is 0 Å². The van der Waals surface area contributed by atoms with Crippen LogP contribution in [0.2, 0.25) is 0 Å². The third-order valence-electron chi connectivity index (χ3n) is 6.51. The second kappa shape index (κ2) is 10.1. The van der Waals surface area contributed by atoms with Crippen molar-refractivity contribution in [3.8, 4) is 0 Å². The van der Waals surface area contributed by atoms with Crippen LogP contribution >= 0.6 is 0 Å². The van der Waals surface area contributed by atoms with E-state index in [0.717, 1.165) is 11.8 Å². The zero-order valence-electron chi connectivity index (χ0n) is 17.1. The van der Waals surface area contributed by atoms with Crippen LogP contribution in [-0.2, 0) is 6.42 Å². The maximum Gasteiger partial charge on any atom is -0.0162 e. The zero-order chi connectivity index (χ0) is 18.2. The summed E-state index contributed by atoms with van der Waals surface area (Å²) in [6.45, 7) is 4.61. The van der Waals surface area contributed by atoms with Gasteiger partial charge < -0.3 is 0 Å². The number of fused-ring (bicyclic) bond motifs is 1. The lowest BCUT2D eigenvalue weighted by molar-refractivity contribution is 0.308. The van der Waals surface area contributed by atoms with Crippen LogP contribution in [0.3, 0.4) is 0 Å². The second-order valence-corrected chi connectivity index (χ2v) is 8.61. The van der Waals surface area contributed by atoms with Crippen LogP contribution in [0.4, 0.5) is 0 Å². The predicted octanol–water partition coefficient (Wildman–Crippen LogP) is 8.43. The first-order chi connectivity index (χ1) is 12.8. The molecule has 0 aromatic heterocycles. The molecule has 0 heteroatoms. The van der Waals surface area contributed by atoms with Gasteiger partial charge in [0.1, 0.15) is 0 Å². The summed E-state index contributed by atoms with van der Waals surface area (Å²) in [5, 5.41) is 2.87. The third kappa shape index (κ3) is 5.35. The van der Waals surface area contributed by atoms with Gasteiger partial charge in [0.25, 0.3) is 0 Å². The van der Waals surface area contributed by atoms with Crippen molar-refractivity contribution in [2.24, 2.45) is 5.92 Å². The van der Waals surface area contributed by atoms with E-state index in [9.17, 15) is 0 Å². The average molecular weight is 351 g/mol. The van der Waals surface area contributed by atoms with Crippen molar-refractivity contribution in [2.45, 2.75) is 96.8 Å². The molecule has 0 nitrogen and oxygen atoms in total. The van der Waals surface area contributed by atoms with Crippen molar-refractivity contribution >= 4 is 10.8 Å². The molecule has 1 aliphatic carbocycles. The fourth-order valence-corrected chi connectivity index (χ4v) is 4.85. The Morgan fingerprint density at radius 3 is 2.23 bits per heavy atom. The molecule has 1 aliphatic rings. The van der Waals surface area contributed by atoms with E-state index in [0.29, 0.717) is 0 Å². The van der Waals surface area contributed by atoms with Gasteiger partial charge >= 0.3 is 0 Å². The average Bonchev–Trinajstić information content (AvgIpc) is 2.68. The molecule has 0 radical (unpaired) electrons. The maximum absolute atomic E-state index is 2.48. The smallest absolute Gasteiger partial charge is 0.0162 e. The van der Waals surface area contributed by atoms with Gasteiger partial charge in [0, 0.05) is 0 Å². The molecule has 0 amide bonds. The molecule has 0 atom stereocenters. The van der Waals surface area contributed by atoms with Gasteiger partial charge in [0.15, 0.2) is 0 Å². The van der Waals surface area contributed by atoms with E-state index in [1.807, 2.05) is 0 Å². The molecule has 1 fully saturated rings. The first-order valence-electron chi connectivity index (χ1n) is 11.3. The van der Waals surface area contributed by atoms with E-state index in [4.69, 9.17) is 0 Å². The van der Waals surface area contributed by atoms with Crippen LogP contribution in [0.1, 0.15) is 102 Å². The Bertz CT molecular complexity index is 661. The minimum absolute atomic E-state index is 0.797. The Balaban J connectivity index is 1.58. The summed E-state index contributed by atoms with van der Waals surface area (Å²) in [5.41, 5.74) is 3.10. The molecule has 3 rings (SSSR count). The SMILES string of the molecule is CCCCCCCc1ccc2cc(C3CCC(CCC)CC3)ccc2c1. The molecule has 0 aliphatic heterocycles. The Morgan fingerprint density at radius 1 is 0.731 bits per heavy atom. The lowest BCUT2D eigenvalue weighted by Gasteiger charge is -2.28. The standard InChI is InChI=1S/C26H38/c1-3-5-6-7-8-10-22-13-16-26-20-25(18-17-24(26)19-22)23-14-11-21(9-4-2)12-15-23/h13,16-21,23H,3-12,14-15H2,1-2H3. The summed E-state index contributed by atoms with van der Waals surface area (Å²) in [6.07, 6.45) is 16.5. The summed E-state index contributed by atoms with van der Waals surface area (Å²) in [7, 11) is 0. The normalized spacial score (nSPS) is 20.5. The molecule has 142 valence electrons. The summed E-state index contributed by atoms with van der Waals surface area (Å²) < 4.78 is 0. The lowest BCUT2D eigenvalue weighted by Crippen LogP contribution is -2.13. The first-order valence-corrected chi connectivity index (χ1v) is 11.3. The van der Waals surface area contributed by atoms with Gasteiger partial charge in [-0.15, -0.1) is 0 Å². The van der Waals surface area contributed by atoms with E-state index in [1.54, 1.807) is 5.56 Å². The topological polar surface area (TPSA) is 0 Å². The van der Waals surface area contributed by atoms with Crippen LogP contribution in [0, 0.1) is 5.92 Å². The minimum Gasteiger partial charge on any atom is -0.0654 e.